The fourth-order valence-corrected chi connectivity index (χ4v) is 14.1. The predicted octanol–water partition coefficient (Wildman–Crippen LogP) is 4.14. The van der Waals surface area contributed by atoms with Crippen LogP contribution < -0.4 is 68.0 Å². The first-order chi connectivity index (χ1) is 51.5. The normalized spacial score (nSPS) is 16.3. The summed E-state index contributed by atoms with van der Waals surface area (Å²) in [5, 5.41) is 31.9. The van der Waals surface area contributed by atoms with Crippen molar-refractivity contribution in [2.75, 3.05) is 108 Å². The van der Waals surface area contributed by atoms with E-state index in [9.17, 15) is 66.3 Å². The SMILES string of the molecule is CCCNC(=O)Nc1cccc(S(=O)(=O)Nc2cccc([C@@H](CC(=O)O)NC(=O)Nc3ccc(NC(=O)NCCN(C)CCN(C)CCN(C)CC(=O)N[C@@H](CC(N)=O)C(=O)N4CCC[C@H]4C(=O)N[C@H](C(=O)O[C@]4(CC)C(=O)OCc5c4cc4n(c5=O)Cc5cc6cc7c(cc6nc5-4)OCO7)C(C)C)cc3)c2)c1. The minimum absolute atomic E-state index is 0.0698. The van der Waals surface area contributed by atoms with E-state index in [2.05, 4.69) is 47.3 Å². The van der Waals surface area contributed by atoms with Crippen LogP contribution in [0.1, 0.15) is 94.5 Å². The number of aliphatic carboxylic acids is 1. The number of hydrogen-bond acceptors (Lipinski definition) is 21. The largest absolute Gasteiger partial charge is 0.481 e. The summed E-state index contributed by atoms with van der Waals surface area (Å²) in [6.45, 7) is 10.00. The first-order valence-electron chi connectivity index (χ1n) is 35.4. The topological polar surface area (TPSA) is 444 Å². The Labute approximate surface area is 622 Å². The minimum Gasteiger partial charge on any atom is -0.481 e. The van der Waals surface area contributed by atoms with E-state index >= 15 is 0 Å². The van der Waals surface area contributed by atoms with Gasteiger partial charge in [-0.3, -0.25) is 38.4 Å². The van der Waals surface area contributed by atoms with Crippen molar-refractivity contribution < 1.29 is 80.4 Å². The molecule has 10 rings (SSSR count). The molecule has 34 nitrogen and oxygen atoms in total. The third kappa shape index (κ3) is 19.4. The van der Waals surface area contributed by atoms with Gasteiger partial charge in [0.15, 0.2) is 11.5 Å². The summed E-state index contributed by atoms with van der Waals surface area (Å²) >= 11 is 0. The number of nitrogens with one attached hydrogen (secondary N) is 9. The van der Waals surface area contributed by atoms with Crippen LogP contribution in [0.5, 0.6) is 11.5 Å². The van der Waals surface area contributed by atoms with Crippen LogP contribution in [0.15, 0.2) is 107 Å². The first kappa shape index (κ1) is 79.1. The van der Waals surface area contributed by atoms with E-state index in [1.807, 2.05) is 43.0 Å². The number of primary amides is 1. The van der Waals surface area contributed by atoms with Gasteiger partial charge in [0, 0.05) is 97.7 Å². The summed E-state index contributed by atoms with van der Waals surface area (Å²) in [5.41, 5.74) is 6.85. The van der Waals surface area contributed by atoms with Crippen molar-refractivity contribution in [3.63, 3.8) is 0 Å². The number of hydrogen-bond donors (Lipinski definition) is 11. The number of carboxylic acids is 1. The van der Waals surface area contributed by atoms with E-state index in [4.69, 9.17) is 29.7 Å². The number of rotatable bonds is 33. The highest BCUT2D eigenvalue weighted by molar-refractivity contribution is 7.92. The number of likely N-dealkylation sites (N-methyl/N-ethyl adjacent to an activating group) is 3. The number of nitrogens with zero attached hydrogens (tertiary/aromatic N) is 6. The Kier molecular flexibility index (Phi) is 25.6. The zero-order chi connectivity index (χ0) is 77.7. The third-order valence-electron chi connectivity index (χ3n) is 18.8. The van der Waals surface area contributed by atoms with E-state index in [-0.39, 0.29) is 85.4 Å². The lowest BCUT2D eigenvalue weighted by Crippen LogP contribution is -2.58. The fourth-order valence-electron chi connectivity index (χ4n) is 13.0. The maximum Gasteiger partial charge on any atom is 0.355 e. The number of carbonyl (C=O) groups is 10. The van der Waals surface area contributed by atoms with Gasteiger partial charge in [-0.25, -0.2) is 37.4 Å². The molecule has 5 atom stereocenters. The fraction of sp³-hybridized carbons (Fsp3) is 0.425. The molecule has 35 heteroatoms. The summed E-state index contributed by atoms with van der Waals surface area (Å²) in [5.74, 6) is -5.58. The van der Waals surface area contributed by atoms with Crippen LogP contribution >= 0.6 is 0 Å². The molecule has 1 fully saturated rings. The van der Waals surface area contributed by atoms with Crippen LogP contribution in [-0.4, -0.2) is 207 Å². The highest BCUT2D eigenvalue weighted by Gasteiger charge is 2.52. The van der Waals surface area contributed by atoms with Gasteiger partial charge >= 0.3 is 36.0 Å². The second kappa shape index (κ2) is 34.9. The molecule has 0 spiro atoms. The number of cyclic esters (lactones) is 1. The molecular weight excluding hydrogens is 1420 g/mol. The zero-order valence-corrected chi connectivity index (χ0v) is 61.7. The number of likely N-dealkylation sites (tertiary alicyclic amines) is 1. The molecule has 1 saturated heterocycles. The molecule has 6 aromatic rings. The van der Waals surface area contributed by atoms with Gasteiger partial charge in [0.05, 0.1) is 59.3 Å². The average Bonchev–Trinajstić information content (AvgIpc) is 1.51. The van der Waals surface area contributed by atoms with Crippen LogP contribution in [0.2, 0.25) is 0 Å². The molecular formula is C73H90N16O18S. The van der Waals surface area contributed by atoms with Gasteiger partial charge < -0.3 is 91.6 Å². The van der Waals surface area contributed by atoms with Gasteiger partial charge in [0.1, 0.15) is 24.7 Å². The highest BCUT2D eigenvalue weighted by atomic mass is 32.2. The molecule has 4 aliphatic heterocycles. The van der Waals surface area contributed by atoms with Crippen molar-refractivity contribution >= 4 is 103 Å². The number of carboxylic acid groups (broad SMARTS) is 1. The molecule has 0 aliphatic carbocycles. The zero-order valence-electron chi connectivity index (χ0n) is 60.9. The number of fused-ring (bicyclic) bond motifs is 6. The molecule has 4 aliphatic rings. The number of amides is 10. The van der Waals surface area contributed by atoms with Crippen molar-refractivity contribution in [3.8, 4) is 22.9 Å². The molecule has 0 saturated carbocycles. The molecule has 12 N–H and O–H groups in total. The van der Waals surface area contributed by atoms with Crippen molar-refractivity contribution in [1.82, 2.24) is 55.7 Å². The summed E-state index contributed by atoms with van der Waals surface area (Å²) in [4.78, 5) is 159. The lowest BCUT2D eigenvalue weighted by atomic mass is 9.85. The van der Waals surface area contributed by atoms with E-state index in [1.54, 1.807) is 57.0 Å². The van der Waals surface area contributed by atoms with Gasteiger partial charge in [0.25, 0.3) is 15.6 Å². The molecule has 4 aromatic carbocycles. The molecule has 108 heavy (non-hydrogen) atoms. The number of esters is 2. The summed E-state index contributed by atoms with van der Waals surface area (Å²) in [6, 6.07) is 18.0. The number of anilines is 4. The van der Waals surface area contributed by atoms with Gasteiger partial charge in [-0.05, 0) is 131 Å². The Bertz CT molecular complexity index is 4620. The second-order valence-electron chi connectivity index (χ2n) is 27.3. The van der Waals surface area contributed by atoms with Crippen molar-refractivity contribution in [2.24, 2.45) is 11.7 Å². The Morgan fingerprint density at radius 1 is 0.731 bits per heavy atom. The third-order valence-corrected chi connectivity index (χ3v) is 20.2. The molecule has 0 bridgehead atoms. The van der Waals surface area contributed by atoms with Crippen molar-refractivity contribution in [1.29, 1.82) is 0 Å². The van der Waals surface area contributed by atoms with E-state index in [1.165, 1.54) is 70.1 Å². The van der Waals surface area contributed by atoms with E-state index in [0.29, 0.717) is 91.9 Å². The lowest BCUT2D eigenvalue weighted by molar-refractivity contribution is -0.191. The molecule has 6 heterocycles. The van der Waals surface area contributed by atoms with Crippen LogP contribution in [0, 0.1) is 5.92 Å². The summed E-state index contributed by atoms with van der Waals surface area (Å²) in [6.07, 6.45) is -0.00671. The maximum absolute atomic E-state index is 14.5. The van der Waals surface area contributed by atoms with Gasteiger partial charge in [-0.15, -0.1) is 0 Å². The Morgan fingerprint density at radius 3 is 2.06 bits per heavy atom. The summed E-state index contributed by atoms with van der Waals surface area (Å²) in [7, 11) is 1.32. The van der Waals surface area contributed by atoms with Crippen molar-refractivity contribution in [3.05, 3.63) is 130 Å². The number of nitrogens with two attached hydrogens (primary N) is 1. The average molecular weight is 1510 g/mol. The predicted molar refractivity (Wildman–Crippen MR) is 396 cm³/mol. The van der Waals surface area contributed by atoms with Gasteiger partial charge in [-0.2, -0.15) is 0 Å². The van der Waals surface area contributed by atoms with E-state index in [0.717, 1.165) is 10.9 Å². The minimum atomic E-state index is -4.19. The number of ether oxygens (including phenoxy) is 4. The molecule has 0 radical (unpaired) electrons. The Balaban J connectivity index is 0.639. The number of aromatic nitrogens is 2. The van der Waals surface area contributed by atoms with Crippen LogP contribution in [0.4, 0.5) is 37.1 Å². The first-order valence-corrected chi connectivity index (χ1v) is 36.9. The molecule has 576 valence electrons. The quantitative estimate of drug-likeness (QED) is 0.0257. The van der Waals surface area contributed by atoms with Gasteiger partial charge in [-0.1, -0.05) is 45.9 Å². The second-order valence-corrected chi connectivity index (χ2v) is 29.0. The molecule has 2 aromatic heterocycles. The Morgan fingerprint density at radius 2 is 1.38 bits per heavy atom. The van der Waals surface area contributed by atoms with E-state index < -0.39 is 124 Å². The summed E-state index contributed by atoms with van der Waals surface area (Å²) < 4.78 is 53.7. The monoisotopic (exact) mass is 1510 g/mol. The molecule has 10 amide bonds. The smallest absolute Gasteiger partial charge is 0.355 e. The standard InChI is InChI=1S/C73H90N16O18S/c1-8-22-75-70(99)79-48-14-11-16-50(33-48)108(102,103)84-49-15-10-13-43(31-49)54(37-62(92)93)82-72(101)78-47-20-18-46(19-21-47)77-71(100)76-23-25-85(5)26-27-86(6)28-29-87(7)39-61(91)80-55(36-60(74)90)67(96)88-24-12-17-56(88)65(94)83-63(42(3)4)68(97)107-73(9-2)52-34-57-64-45(38-89(57)66(95)51(52)40-104-69(73)98)30-44-32-58-59(106-41-105-58)35-53(44)81-64/h10-11,13-16,18-21,30-35,42,54-56,63,84H,8-9,12,17,22-29,36-41H2,1-7H3,(H2,74,90)(H,80,91)(H,83,94)(H,92,93)(H2,75,79,99)(H2,76,77,100)(H2,78,82,101)/t54-,55+,56+,63+,73+/m1/s1. The highest BCUT2D eigenvalue weighted by Crippen LogP contribution is 2.43. The van der Waals surface area contributed by atoms with Gasteiger partial charge in [0.2, 0.25) is 36.0 Å². The number of sulfonamides is 1. The Hall–Kier alpha value is -11.4. The maximum atomic E-state index is 14.5. The number of benzene rings is 4. The number of urea groups is 3. The van der Waals surface area contributed by atoms with Crippen LogP contribution in [-0.2, 0) is 71.8 Å². The number of carbonyl (C=O) groups excluding carboxylic acids is 9. The van der Waals surface area contributed by atoms with Crippen LogP contribution in [0.3, 0.4) is 0 Å². The molecule has 0 unspecified atom stereocenters. The number of pyridine rings is 2. The van der Waals surface area contributed by atoms with Crippen LogP contribution in [0.25, 0.3) is 22.3 Å². The van der Waals surface area contributed by atoms with Crippen molar-refractivity contribution in [2.45, 2.75) is 114 Å². The lowest BCUT2D eigenvalue weighted by Gasteiger charge is -2.37.